The standard InChI is InChI=1S/C55H87O22/c1-24-11-16-55(50(68)75-32-23-69-31(39(62)40(32)63)22-71-47-43(66)41(64)37(60)29(19-56)73-47)18-17-53(7)27(36(55)25(24)2)9-10-34-52(6)14-13-35(51(4,5)33(52)12-15-54(34,53)8)76-49-46(72-26(3)58)45(28(59)21-70-49)77-48-44(67)42(65)38(61)30(20-57)74-48/h9,23-25,28-49,56-57,59-67H,10-22H2,1-8H3/t24-,25+,28+,29-,30-,31+,32-,33+,34-,35-,36+,37-,38-,39+,40+,41+,42+,43-,44-,45+,46-,47-,48+,49-,52+,53-,54-,55+/m1/s1. The third-order valence-electron chi connectivity index (χ3n) is 21.4. The van der Waals surface area contributed by atoms with Crippen molar-refractivity contribution < 1.29 is 108 Å². The molecule has 0 bridgehead atoms. The first-order chi connectivity index (χ1) is 36.2. The zero-order valence-corrected chi connectivity index (χ0v) is 45.6. The fourth-order valence-corrected chi connectivity index (χ4v) is 16.5. The SMILES string of the molecule is CC(=O)O[C@H]1[C@@H](O[C@@H]2CC[C@]3(C)[C@H]4CC=C5[C@@H]6[C@@H](C)[C@H](C)CC[C@]6(C(=O)O[C@@H]6[CH]O[C@@H](CO[C@@H]7O[C@H](CO)[C@@H](O)[C@H](O)[C@H]7O)[C@H](O)[C@H]6O)CC[C@@]5(C)[C@]4(C)CC[C@H]3C2(C)C)OC[C@H](O)[C@@H]1O[C@@H]1O[C@H](CO)[C@@H](O)[C@H](O)[C@H]1O. The topological polar surface area (TPSA) is 340 Å². The lowest BCUT2D eigenvalue weighted by Gasteiger charge is -2.71. The van der Waals surface area contributed by atoms with Crippen molar-refractivity contribution >= 4 is 11.9 Å². The second-order valence-electron chi connectivity index (χ2n) is 25.6. The van der Waals surface area contributed by atoms with Crippen LogP contribution in [0, 0.1) is 63.3 Å². The molecular formula is C55H87O22. The average molecular weight is 1100 g/mol. The van der Waals surface area contributed by atoms with Crippen molar-refractivity contribution in [1.82, 2.24) is 0 Å². The third kappa shape index (κ3) is 9.97. The number of carbonyl (C=O) groups excluding carboxylic acids is 2. The van der Waals surface area contributed by atoms with E-state index in [9.17, 15) is 61.0 Å². The van der Waals surface area contributed by atoms with Crippen molar-refractivity contribution in [3.8, 4) is 0 Å². The van der Waals surface area contributed by atoms with E-state index in [0.717, 1.165) is 38.5 Å². The summed E-state index contributed by atoms with van der Waals surface area (Å²) >= 11 is 0. The van der Waals surface area contributed by atoms with Crippen molar-refractivity contribution in [2.75, 3.05) is 26.4 Å². The van der Waals surface area contributed by atoms with Gasteiger partial charge in [0.05, 0.1) is 37.9 Å². The monoisotopic (exact) mass is 1100 g/mol. The van der Waals surface area contributed by atoms with E-state index < -0.39 is 159 Å². The van der Waals surface area contributed by atoms with E-state index in [0.29, 0.717) is 25.2 Å². The third-order valence-corrected chi connectivity index (χ3v) is 21.4. The minimum Gasteiger partial charge on any atom is -0.456 e. The van der Waals surface area contributed by atoms with E-state index in [4.69, 9.17) is 42.6 Å². The van der Waals surface area contributed by atoms with Crippen LogP contribution in [0.3, 0.4) is 0 Å². The van der Waals surface area contributed by atoms with Crippen LogP contribution in [0.15, 0.2) is 11.6 Å². The number of hydrogen-bond acceptors (Lipinski definition) is 22. The van der Waals surface area contributed by atoms with E-state index in [2.05, 4.69) is 54.5 Å². The largest absolute Gasteiger partial charge is 0.456 e. The molecule has 4 saturated heterocycles. The Kier molecular flexibility index (Phi) is 17.2. The molecule has 11 N–H and O–H groups in total. The molecule has 22 heteroatoms. The van der Waals surface area contributed by atoms with Gasteiger partial charge < -0.3 is 98.8 Å². The highest BCUT2D eigenvalue weighted by Gasteiger charge is 2.70. The molecule has 9 aliphatic rings. The van der Waals surface area contributed by atoms with Crippen molar-refractivity contribution in [2.45, 2.75) is 230 Å². The summed E-state index contributed by atoms with van der Waals surface area (Å²) in [6.07, 6.45) is -17.8. The van der Waals surface area contributed by atoms with Crippen LogP contribution in [-0.4, -0.2) is 211 Å². The summed E-state index contributed by atoms with van der Waals surface area (Å²) in [6.45, 7) is 16.5. The Morgan fingerprint density at radius 3 is 1.95 bits per heavy atom. The predicted molar refractivity (Wildman–Crippen MR) is 265 cm³/mol. The minimum absolute atomic E-state index is 0.118. The summed E-state index contributed by atoms with van der Waals surface area (Å²) in [7, 11) is 0. The lowest BCUT2D eigenvalue weighted by Crippen LogP contribution is -2.66. The molecule has 439 valence electrons. The smallest absolute Gasteiger partial charge is 0.313 e. The molecule has 5 aliphatic carbocycles. The van der Waals surface area contributed by atoms with Gasteiger partial charge in [-0.1, -0.05) is 60.1 Å². The van der Waals surface area contributed by atoms with Gasteiger partial charge in [-0.25, -0.2) is 0 Å². The summed E-state index contributed by atoms with van der Waals surface area (Å²) in [5.74, 6) is -0.439. The fourth-order valence-electron chi connectivity index (χ4n) is 16.5. The van der Waals surface area contributed by atoms with Gasteiger partial charge in [0.2, 0.25) is 0 Å². The Balaban J connectivity index is 0.898. The Morgan fingerprint density at radius 1 is 0.662 bits per heavy atom. The second-order valence-corrected chi connectivity index (χ2v) is 25.6. The zero-order chi connectivity index (χ0) is 56.1. The lowest BCUT2D eigenvalue weighted by molar-refractivity contribution is -0.357. The quantitative estimate of drug-likeness (QED) is 0.0689. The summed E-state index contributed by atoms with van der Waals surface area (Å²) in [4.78, 5) is 27.6. The molecule has 0 unspecified atom stereocenters. The highest BCUT2D eigenvalue weighted by molar-refractivity contribution is 5.79. The molecule has 8 fully saturated rings. The van der Waals surface area contributed by atoms with Crippen LogP contribution in [-0.2, 0) is 52.2 Å². The van der Waals surface area contributed by atoms with Crippen LogP contribution in [0.4, 0.5) is 0 Å². The Labute approximate surface area is 450 Å². The maximum atomic E-state index is 15.0. The van der Waals surface area contributed by atoms with E-state index in [-0.39, 0.29) is 46.5 Å². The van der Waals surface area contributed by atoms with Gasteiger partial charge in [0, 0.05) is 6.92 Å². The van der Waals surface area contributed by atoms with Gasteiger partial charge in [0.1, 0.15) is 86.0 Å². The first kappa shape index (κ1) is 59.6. The molecule has 4 saturated carbocycles. The maximum absolute atomic E-state index is 15.0. The number of aliphatic hydroxyl groups is 11. The molecule has 0 aromatic rings. The summed E-state index contributed by atoms with van der Waals surface area (Å²) in [5, 5.41) is 116. The van der Waals surface area contributed by atoms with Crippen LogP contribution < -0.4 is 0 Å². The Hall–Kier alpha value is -2.04. The van der Waals surface area contributed by atoms with Crippen LogP contribution in [0.2, 0.25) is 0 Å². The first-order valence-electron chi connectivity index (χ1n) is 28.0. The van der Waals surface area contributed by atoms with E-state index in [1.807, 2.05) is 0 Å². The molecule has 4 aliphatic heterocycles. The van der Waals surface area contributed by atoms with Gasteiger partial charge in [0.15, 0.2) is 31.1 Å². The number of rotatable bonds is 12. The van der Waals surface area contributed by atoms with E-state index in [1.165, 1.54) is 19.1 Å². The first-order valence-corrected chi connectivity index (χ1v) is 28.0. The number of carbonyl (C=O) groups is 2. The van der Waals surface area contributed by atoms with Gasteiger partial charge in [-0.05, 0) is 109 Å². The van der Waals surface area contributed by atoms with Gasteiger partial charge in [-0.3, -0.25) is 9.59 Å². The van der Waals surface area contributed by atoms with Crippen molar-refractivity contribution in [3.05, 3.63) is 18.3 Å². The number of ether oxygens (including phenoxy) is 9. The molecule has 0 amide bonds. The highest BCUT2D eigenvalue weighted by Crippen LogP contribution is 2.76. The second kappa shape index (κ2) is 22.3. The molecule has 28 atom stereocenters. The highest BCUT2D eigenvalue weighted by atomic mass is 16.7. The van der Waals surface area contributed by atoms with Gasteiger partial charge in [-0.2, -0.15) is 0 Å². The molecule has 1 radical (unpaired) electrons. The molecular weight excluding hydrogens is 1010 g/mol. The molecule has 0 aromatic heterocycles. The van der Waals surface area contributed by atoms with Crippen LogP contribution in [0.5, 0.6) is 0 Å². The zero-order valence-electron chi connectivity index (χ0n) is 45.6. The molecule has 0 spiro atoms. The number of esters is 2. The molecule has 4 heterocycles. The van der Waals surface area contributed by atoms with Crippen molar-refractivity contribution in [1.29, 1.82) is 0 Å². The molecule has 0 aromatic carbocycles. The van der Waals surface area contributed by atoms with Crippen LogP contribution >= 0.6 is 0 Å². The summed E-state index contributed by atoms with van der Waals surface area (Å²) < 4.78 is 53.4. The number of hydrogen-bond donors (Lipinski definition) is 11. The normalized spacial score (nSPS) is 52.6. The van der Waals surface area contributed by atoms with Crippen molar-refractivity contribution in [3.63, 3.8) is 0 Å². The Morgan fingerprint density at radius 2 is 1.30 bits per heavy atom. The van der Waals surface area contributed by atoms with E-state index in [1.54, 1.807) is 0 Å². The average Bonchev–Trinajstić information content (AvgIpc) is 3.46. The van der Waals surface area contributed by atoms with Crippen LogP contribution in [0.25, 0.3) is 0 Å². The van der Waals surface area contributed by atoms with Crippen LogP contribution in [0.1, 0.15) is 113 Å². The van der Waals surface area contributed by atoms with Gasteiger partial charge in [-0.15, -0.1) is 0 Å². The van der Waals surface area contributed by atoms with Gasteiger partial charge in [0.25, 0.3) is 0 Å². The summed E-state index contributed by atoms with van der Waals surface area (Å²) in [6, 6.07) is 0. The Bertz CT molecular complexity index is 2130. The number of allylic oxidation sites excluding steroid dienone is 2. The number of fused-ring (bicyclic) bond motifs is 7. The molecule has 77 heavy (non-hydrogen) atoms. The lowest BCUT2D eigenvalue weighted by atomic mass is 9.33. The summed E-state index contributed by atoms with van der Waals surface area (Å²) in [5.41, 5.74) is -0.657. The maximum Gasteiger partial charge on any atom is 0.313 e. The fraction of sp³-hybridized carbons (Fsp3) is 0.909. The predicted octanol–water partition coefficient (Wildman–Crippen LogP) is -0.126. The molecule has 22 nitrogen and oxygen atoms in total. The number of aliphatic hydroxyl groups excluding tert-OH is 11. The minimum atomic E-state index is -1.77. The van der Waals surface area contributed by atoms with Gasteiger partial charge >= 0.3 is 11.9 Å². The molecule has 9 rings (SSSR count). The van der Waals surface area contributed by atoms with Crippen molar-refractivity contribution in [2.24, 2.45) is 56.7 Å². The van der Waals surface area contributed by atoms with E-state index >= 15 is 4.79 Å².